The molecule has 3 heteroatoms. The second kappa shape index (κ2) is 6.36. The lowest BCUT2D eigenvalue weighted by molar-refractivity contribution is -0.131. The van der Waals surface area contributed by atoms with Crippen LogP contribution in [0.4, 0.5) is 0 Å². The van der Waals surface area contributed by atoms with Crippen molar-refractivity contribution in [1.29, 1.82) is 0 Å². The molecule has 0 fully saturated rings. The number of carbonyl (C=O) groups is 1. The molecule has 0 aliphatic rings. The van der Waals surface area contributed by atoms with Gasteiger partial charge in [0.1, 0.15) is 0 Å². The Kier molecular flexibility index (Phi) is 5.10. The number of ether oxygens (including phenoxy) is 1. The SMILES string of the molecule is CCC(C)(C)OCc1ccccc1C=CC(=O)O. The largest absolute Gasteiger partial charge is 0.478 e. The summed E-state index contributed by atoms with van der Waals surface area (Å²) in [7, 11) is 0. The van der Waals surface area contributed by atoms with Crippen LogP contribution in [0.1, 0.15) is 38.3 Å². The van der Waals surface area contributed by atoms with Gasteiger partial charge in [0.25, 0.3) is 0 Å². The lowest BCUT2D eigenvalue weighted by Crippen LogP contribution is -2.22. The monoisotopic (exact) mass is 248 g/mol. The third kappa shape index (κ3) is 4.72. The molecule has 0 aromatic heterocycles. The zero-order chi connectivity index (χ0) is 13.6. The molecule has 0 saturated carbocycles. The molecule has 3 nitrogen and oxygen atoms in total. The molecule has 1 aromatic carbocycles. The van der Waals surface area contributed by atoms with Gasteiger partial charge in [-0.3, -0.25) is 0 Å². The smallest absolute Gasteiger partial charge is 0.328 e. The predicted molar refractivity (Wildman–Crippen MR) is 72.3 cm³/mol. The van der Waals surface area contributed by atoms with E-state index in [1.807, 2.05) is 38.1 Å². The van der Waals surface area contributed by atoms with E-state index in [2.05, 4.69) is 6.92 Å². The standard InChI is InChI=1S/C15H20O3/c1-4-15(2,3)18-11-13-8-6-5-7-12(13)9-10-14(16)17/h5-10H,4,11H2,1-3H3,(H,16,17). The first-order valence-corrected chi connectivity index (χ1v) is 6.07. The highest BCUT2D eigenvalue weighted by molar-refractivity contribution is 5.85. The van der Waals surface area contributed by atoms with Crippen LogP contribution < -0.4 is 0 Å². The van der Waals surface area contributed by atoms with Gasteiger partial charge in [-0.15, -0.1) is 0 Å². The van der Waals surface area contributed by atoms with Crippen molar-refractivity contribution in [3.05, 3.63) is 41.5 Å². The van der Waals surface area contributed by atoms with Crippen LogP contribution in [0.3, 0.4) is 0 Å². The van der Waals surface area contributed by atoms with E-state index in [9.17, 15) is 4.79 Å². The molecular weight excluding hydrogens is 228 g/mol. The summed E-state index contributed by atoms with van der Waals surface area (Å²) in [6.07, 6.45) is 3.67. The molecule has 0 aliphatic carbocycles. The van der Waals surface area contributed by atoms with Gasteiger partial charge in [-0.2, -0.15) is 0 Å². The first-order chi connectivity index (χ1) is 8.44. The molecule has 0 radical (unpaired) electrons. The first kappa shape index (κ1) is 14.5. The number of hydrogen-bond acceptors (Lipinski definition) is 2. The minimum absolute atomic E-state index is 0.163. The van der Waals surface area contributed by atoms with Crippen molar-refractivity contribution in [2.75, 3.05) is 0 Å². The summed E-state index contributed by atoms with van der Waals surface area (Å²) in [6, 6.07) is 7.65. The van der Waals surface area contributed by atoms with Crippen molar-refractivity contribution in [3.63, 3.8) is 0 Å². The Hall–Kier alpha value is -1.61. The quantitative estimate of drug-likeness (QED) is 0.784. The lowest BCUT2D eigenvalue weighted by atomic mass is 10.1. The molecule has 0 spiro atoms. The van der Waals surface area contributed by atoms with E-state index in [0.717, 1.165) is 23.6 Å². The molecule has 18 heavy (non-hydrogen) atoms. The van der Waals surface area contributed by atoms with Crippen LogP contribution >= 0.6 is 0 Å². The summed E-state index contributed by atoms with van der Waals surface area (Å²) in [5.41, 5.74) is 1.72. The van der Waals surface area contributed by atoms with Crippen LogP contribution in [-0.2, 0) is 16.1 Å². The Morgan fingerprint density at radius 1 is 1.39 bits per heavy atom. The Morgan fingerprint density at radius 3 is 2.67 bits per heavy atom. The second-order valence-corrected chi connectivity index (χ2v) is 4.77. The van der Waals surface area contributed by atoms with Gasteiger partial charge >= 0.3 is 5.97 Å². The second-order valence-electron chi connectivity index (χ2n) is 4.77. The summed E-state index contributed by atoms with van der Waals surface area (Å²) in [6.45, 7) is 6.66. The highest BCUT2D eigenvalue weighted by Gasteiger charge is 2.15. The Balaban J connectivity index is 2.80. The van der Waals surface area contributed by atoms with Crippen molar-refractivity contribution in [2.24, 2.45) is 0 Å². The number of carboxylic acid groups (broad SMARTS) is 1. The number of aliphatic carboxylic acids is 1. The molecule has 0 saturated heterocycles. The van der Waals surface area contributed by atoms with Crippen molar-refractivity contribution < 1.29 is 14.6 Å². The molecular formula is C15H20O3. The molecule has 98 valence electrons. The van der Waals surface area contributed by atoms with Crippen LogP contribution in [0.15, 0.2) is 30.3 Å². The molecule has 0 aliphatic heterocycles. The number of hydrogen-bond donors (Lipinski definition) is 1. The fraction of sp³-hybridized carbons (Fsp3) is 0.400. The first-order valence-electron chi connectivity index (χ1n) is 6.07. The minimum atomic E-state index is -0.945. The van der Waals surface area contributed by atoms with Crippen molar-refractivity contribution in [3.8, 4) is 0 Å². The number of rotatable bonds is 6. The molecule has 0 atom stereocenters. The summed E-state index contributed by atoms with van der Waals surface area (Å²) in [5.74, 6) is -0.945. The summed E-state index contributed by atoms with van der Waals surface area (Å²) >= 11 is 0. The van der Waals surface area contributed by atoms with Crippen LogP contribution in [0.25, 0.3) is 6.08 Å². The zero-order valence-corrected chi connectivity index (χ0v) is 11.1. The third-order valence-corrected chi connectivity index (χ3v) is 2.93. The summed E-state index contributed by atoms with van der Waals surface area (Å²) in [4.78, 5) is 10.5. The Bertz CT molecular complexity index is 433. The summed E-state index contributed by atoms with van der Waals surface area (Å²) in [5, 5.41) is 8.64. The molecule has 1 N–H and O–H groups in total. The van der Waals surface area contributed by atoms with Crippen LogP contribution in [0.2, 0.25) is 0 Å². The fourth-order valence-corrected chi connectivity index (χ4v) is 1.36. The lowest BCUT2D eigenvalue weighted by Gasteiger charge is -2.24. The summed E-state index contributed by atoms with van der Waals surface area (Å²) < 4.78 is 5.83. The molecule has 1 aromatic rings. The van der Waals surface area contributed by atoms with E-state index < -0.39 is 5.97 Å². The van der Waals surface area contributed by atoms with Gasteiger partial charge < -0.3 is 9.84 Å². The van der Waals surface area contributed by atoms with Crippen LogP contribution in [-0.4, -0.2) is 16.7 Å². The van der Waals surface area contributed by atoms with E-state index >= 15 is 0 Å². The maximum absolute atomic E-state index is 10.5. The van der Waals surface area contributed by atoms with Gasteiger partial charge in [-0.25, -0.2) is 4.79 Å². The minimum Gasteiger partial charge on any atom is -0.478 e. The highest BCUT2D eigenvalue weighted by atomic mass is 16.5. The molecule has 0 amide bonds. The topological polar surface area (TPSA) is 46.5 Å². The highest BCUT2D eigenvalue weighted by Crippen LogP contribution is 2.19. The van der Waals surface area contributed by atoms with Gasteiger partial charge in [0.2, 0.25) is 0 Å². The average molecular weight is 248 g/mol. The van der Waals surface area contributed by atoms with Crippen LogP contribution in [0, 0.1) is 0 Å². The van der Waals surface area contributed by atoms with E-state index in [4.69, 9.17) is 9.84 Å². The Morgan fingerprint density at radius 2 is 2.06 bits per heavy atom. The van der Waals surface area contributed by atoms with Gasteiger partial charge in [0.15, 0.2) is 0 Å². The van der Waals surface area contributed by atoms with Crippen molar-refractivity contribution >= 4 is 12.0 Å². The van der Waals surface area contributed by atoms with E-state index in [0.29, 0.717) is 6.61 Å². The third-order valence-electron chi connectivity index (χ3n) is 2.93. The maximum atomic E-state index is 10.5. The molecule has 0 heterocycles. The van der Waals surface area contributed by atoms with Crippen LogP contribution in [0.5, 0.6) is 0 Å². The van der Waals surface area contributed by atoms with Gasteiger partial charge in [-0.1, -0.05) is 31.2 Å². The van der Waals surface area contributed by atoms with Gasteiger partial charge in [-0.05, 0) is 37.5 Å². The zero-order valence-electron chi connectivity index (χ0n) is 11.1. The number of benzene rings is 1. The van der Waals surface area contributed by atoms with E-state index in [-0.39, 0.29) is 5.60 Å². The molecule has 0 unspecified atom stereocenters. The average Bonchev–Trinajstić information content (AvgIpc) is 2.35. The molecule has 1 rings (SSSR count). The van der Waals surface area contributed by atoms with Crippen molar-refractivity contribution in [2.45, 2.75) is 39.4 Å². The maximum Gasteiger partial charge on any atom is 0.328 e. The van der Waals surface area contributed by atoms with E-state index in [1.165, 1.54) is 0 Å². The number of carboxylic acids is 1. The van der Waals surface area contributed by atoms with Crippen molar-refractivity contribution in [1.82, 2.24) is 0 Å². The fourth-order valence-electron chi connectivity index (χ4n) is 1.36. The molecule has 0 bridgehead atoms. The Labute approximate surface area is 108 Å². The normalized spacial score (nSPS) is 11.9. The predicted octanol–water partition coefficient (Wildman–Crippen LogP) is 3.49. The van der Waals surface area contributed by atoms with Gasteiger partial charge in [0.05, 0.1) is 12.2 Å². The van der Waals surface area contributed by atoms with E-state index in [1.54, 1.807) is 6.08 Å². The van der Waals surface area contributed by atoms with Gasteiger partial charge in [0, 0.05) is 6.08 Å².